The van der Waals surface area contributed by atoms with Crippen LogP contribution < -0.4 is 4.99 Å². The molecule has 0 aromatic heterocycles. The second-order valence-corrected chi connectivity index (χ2v) is 1.99. The molecule has 42 valence electrons. The van der Waals surface area contributed by atoms with E-state index in [4.69, 9.17) is 0 Å². The van der Waals surface area contributed by atoms with Crippen molar-refractivity contribution in [2.75, 3.05) is 0 Å². The zero-order valence-corrected chi connectivity index (χ0v) is 4.64. The monoisotopic (exact) mass is 131 g/mol. The standard InChI is InChI=1S/C3H2N2O2S/c6-8(7)3-4-1-2-5-3/h1-2H/p+1. The molecule has 0 saturated heterocycles. The molecule has 0 unspecified atom stereocenters. The molecule has 0 fully saturated rings. The average molecular weight is 131 g/mol. The van der Waals surface area contributed by atoms with Gasteiger partial charge in [0.1, 0.15) is 6.21 Å². The average Bonchev–Trinajstić information content (AvgIpc) is 2.12. The molecule has 1 heterocycles. The smallest absolute Gasteiger partial charge is 0.227 e. The first-order valence-corrected chi connectivity index (χ1v) is 2.97. The van der Waals surface area contributed by atoms with Crippen molar-refractivity contribution < 1.29 is 13.4 Å². The van der Waals surface area contributed by atoms with Gasteiger partial charge in [0.15, 0.2) is 6.21 Å². The van der Waals surface area contributed by atoms with E-state index in [-0.39, 0.29) is 5.11 Å². The van der Waals surface area contributed by atoms with Gasteiger partial charge in [-0.15, -0.1) is 0 Å². The van der Waals surface area contributed by atoms with Gasteiger partial charge >= 0.3 is 15.4 Å². The van der Waals surface area contributed by atoms with Crippen molar-refractivity contribution in [1.29, 1.82) is 0 Å². The molecular formula is C3H3N2O2S+. The van der Waals surface area contributed by atoms with Crippen LogP contribution in [0.1, 0.15) is 0 Å². The van der Waals surface area contributed by atoms with Crippen LogP contribution in [0.3, 0.4) is 0 Å². The van der Waals surface area contributed by atoms with Crippen molar-refractivity contribution in [2.24, 2.45) is 4.99 Å². The summed E-state index contributed by atoms with van der Waals surface area (Å²) < 4.78 is 19.9. The maximum absolute atomic E-state index is 9.97. The lowest BCUT2D eigenvalue weighted by molar-refractivity contribution is -0.301. The third-order valence-corrected chi connectivity index (χ3v) is 1.17. The Morgan fingerprint density at radius 3 is 2.62 bits per heavy atom. The Hall–Kier alpha value is -0.970. The summed E-state index contributed by atoms with van der Waals surface area (Å²) >= 11 is 0. The molecule has 0 radical (unpaired) electrons. The van der Waals surface area contributed by atoms with Gasteiger partial charge in [-0.1, -0.05) is 0 Å². The SMILES string of the molecule is O=S(=O)=C1N=CC=[NH+]1. The normalized spacial score (nSPS) is 15.2. The Kier molecular flexibility index (Phi) is 1.21. The topological polar surface area (TPSA) is 60.5 Å². The molecule has 0 aromatic carbocycles. The van der Waals surface area contributed by atoms with Crippen LogP contribution in [-0.2, 0) is 10.3 Å². The number of hydrogen-bond acceptors (Lipinski definition) is 2. The Balaban J connectivity index is 3.29. The number of aliphatic imine (C=N–C) groups is 1. The summed E-state index contributed by atoms with van der Waals surface area (Å²) in [5.41, 5.74) is 0. The predicted octanol–water partition coefficient (Wildman–Crippen LogP) is -2.81. The molecule has 1 aliphatic heterocycles. The first-order chi connectivity index (χ1) is 3.80. The molecule has 0 amide bonds. The van der Waals surface area contributed by atoms with Gasteiger partial charge < -0.3 is 0 Å². The van der Waals surface area contributed by atoms with Crippen LogP contribution in [0.2, 0.25) is 0 Å². The highest BCUT2D eigenvalue weighted by Crippen LogP contribution is 1.60. The molecule has 1 rings (SSSR count). The number of nitrogens with one attached hydrogen (secondary N) is 1. The van der Waals surface area contributed by atoms with Crippen molar-refractivity contribution in [3.05, 3.63) is 0 Å². The fourth-order valence-electron chi connectivity index (χ4n) is 0.342. The summed E-state index contributed by atoms with van der Waals surface area (Å²) in [4.78, 5) is 5.86. The van der Waals surface area contributed by atoms with E-state index in [1.807, 2.05) is 0 Å². The van der Waals surface area contributed by atoms with Gasteiger partial charge in [0, 0.05) is 0 Å². The quantitative estimate of drug-likeness (QED) is 0.361. The lowest BCUT2D eigenvalue weighted by atomic mass is 10.9. The Morgan fingerprint density at radius 1 is 1.62 bits per heavy atom. The second kappa shape index (κ2) is 1.87. The van der Waals surface area contributed by atoms with Crippen LogP contribution in [0.25, 0.3) is 0 Å². The van der Waals surface area contributed by atoms with Gasteiger partial charge in [-0.25, -0.2) is 4.99 Å². The fourth-order valence-corrected chi connectivity index (χ4v) is 0.653. The van der Waals surface area contributed by atoms with E-state index in [1.165, 1.54) is 12.4 Å². The first kappa shape index (κ1) is 5.17. The summed E-state index contributed by atoms with van der Waals surface area (Å²) in [6.07, 6.45) is 2.83. The highest BCUT2D eigenvalue weighted by atomic mass is 32.2. The van der Waals surface area contributed by atoms with Gasteiger partial charge in [0.2, 0.25) is 0 Å². The van der Waals surface area contributed by atoms with Crippen LogP contribution in [0.15, 0.2) is 4.99 Å². The Bertz CT molecular complexity index is 250. The number of nitrogens with zero attached hydrogens (tertiary/aromatic N) is 1. The molecule has 0 aromatic rings. The molecule has 0 atom stereocenters. The minimum Gasteiger partial charge on any atom is -0.227 e. The molecule has 0 bridgehead atoms. The number of hydrogen-bond donors (Lipinski definition) is 1. The zero-order valence-electron chi connectivity index (χ0n) is 3.83. The molecule has 4 nitrogen and oxygen atoms in total. The summed E-state index contributed by atoms with van der Waals surface area (Å²) in [6.45, 7) is 0. The van der Waals surface area contributed by atoms with Gasteiger partial charge in [0.05, 0.1) is 0 Å². The highest BCUT2D eigenvalue weighted by Gasteiger charge is 2.06. The van der Waals surface area contributed by atoms with Crippen molar-refractivity contribution in [3.8, 4) is 0 Å². The minimum atomic E-state index is -2.21. The summed E-state index contributed by atoms with van der Waals surface area (Å²) in [7, 11) is -2.21. The molecule has 1 N–H and O–H groups in total. The van der Waals surface area contributed by atoms with E-state index in [0.717, 1.165) is 0 Å². The van der Waals surface area contributed by atoms with E-state index in [1.54, 1.807) is 0 Å². The van der Waals surface area contributed by atoms with Crippen LogP contribution in [0.5, 0.6) is 0 Å². The molecule has 8 heavy (non-hydrogen) atoms. The molecule has 5 heteroatoms. The van der Waals surface area contributed by atoms with Crippen molar-refractivity contribution in [2.45, 2.75) is 0 Å². The predicted molar refractivity (Wildman–Crippen MR) is 29.4 cm³/mol. The number of rotatable bonds is 0. The van der Waals surface area contributed by atoms with E-state index in [0.29, 0.717) is 0 Å². The van der Waals surface area contributed by atoms with Crippen LogP contribution in [-0.4, -0.2) is 26.0 Å². The Labute approximate surface area is 47.1 Å². The van der Waals surface area contributed by atoms with E-state index < -0.39 is 10.3 Å². The molecule has 0 spiro atoms. The van der Waals surface area contributed by atoms with Crippen molar-refractivity contribution in [1.82, 2.24) is 0 Å². The summed E-state index contributed by atoms with van der Waals surface area (Å²) in [5, 5.41) is -0.0231. The Morgan fingerprint density at radius 2 is 2.38 bits per heavy atom. The summed E-state index contributed by atoms with van der Waals surface area (Å²) in [6, 6.07) is 0. The molecule has 0 saturated carbocycles. The van der Waals surface area contributed by atoms with Gasteiger partial charge in [-0.3, -0.25) is 0 Å². The van der Waals surface area contributed by atoms with Crippen molar-refractivity contribution >= 4 is 27.8 Å². The van der Waals surface area contributed by atoms with E-state index in [2.05, 4.69) is 9.98 Å². The summed E-state index contributed by atoms with van der Waals surface area (Å²) in [5.74, 6) is 0. The largest absolute Gasteiger partial charge is 0.443 e. The maximum Gasteiger partial charge on any atom is 0.443 e. The third-order valence-electron chi connectivity index (χ3n) is 0.631. The van der Waals surface area contributed by atoms with E-state index >= 15 is 0 Å². The van der Waals surface area contributed by atoms with Crippen LogP contribution in [0, 0.1) is 0 Å². The maximum atomic E-state index is 9.97. The van der Waals surface area contributed by atoms with Gasteiger partial charge in [-0.2, -0.15) is 8.42 Å². The van der Waals surface area contributed by atoms with Gasteiger partial charge in [0.25, 0.3) is 0 Å². The second-order valence-electron chi connectivity index (χ2n) is 1.13. The third kappa shape index (κ3) is 0.812. The molecule has 1 aliphatic rings. The molecule has 0 aliphatic carbocycles. The fraction of sp³-hybridized carbons (Fsp3) is 0. The van der Waals surface area contributed by atoms with Crippen LogP contribution in [0.4, 0.5) is 0 Å². The first-order valence-electron chi connectivity index (χ1n) is 1.89. The molecular weight excluding hydrogens is 128 g/mol. The highest BCUT2D eigenvalue weighted by molar-refractivity contribution is 7.72. The van der Waals surface area contributed by atoms with Crippen LogP contribution >= 0.6 is 0 Å². The minimum absolute atomic E-state index is 0.0231. The van der Waals surface area contributed by atoms with E-state index in [9.17, 15) is 8.42 Å². The van der Waals surface area contributed by atoms with Gasteiger partial charge in [-0.05, 0) is 4.99 Å². The lowest BCUT2D eigenvalue weighted by Crippen LogP contribution is -2.71. The zero-order chi connectivity index (χ0) is 5.98. The van der Waals surface area contributed by atoms with Crippen molar-refractivity contribution in [3.63, 3.8) is 0 Å². The lowest BCUT2D eigenvalue weighted by Gasteiger charge is -1.58.